The predicted molar refractivity (Wildman–Crippen MR) is 85.1 cm³/mol. The molecule has 1 unspecified atom stereocenters. The van der Waals surface area contributed by atoms with Crippen LogP contribution in [0.15, 0.2) is 18.2 Å². The van der Waals surface area contributed by atoms with Gasteiger partial charge in [0.2, 0.25) is 0 Å². The molecule has 1 N–H and O–H groups in total. The molecule has 2 nitrogen and oxygen atoms in total. The first-order valence-electron chi connectivity index (χ1n) is 8.05. The smallest absolute Gasteiger partial charge is 0.124 e. The Balaban J connectivity index is 1.81. The lowest BCUT2D eigenvalue weighted by atomic mass is 9.90. The van der Waals surface area contributed by atoms with Crippen LogP contribution in [0.2, 0.25) is 5.02 Å². The summed E-state index contributed by atoms with van der Waals surface area (Å²) < 4.78 is 13.2. The maximum absolute atomic E-state index is 13.2. The summed E-state index contributed by atoms with van der Waals surface area (Å²) in [5.74, 6) is -0.258. The molecule has 116 valence electrons. The van der Waals surface area contributed by atoms with Crippen LogP contribution in [0.5, 0.6) is 0 Å². The lowest BCUT2D eigenvalue weighted by Gasteiger charge is -2.48. The van der Waals surface area contributed by atoms with Crippen molar-refractivity contribution in [3.63, 3.8) is 0 Å². The summed E-state index contributed by atoms with van der Waals surface area (Å²) in [5.41, 5.74) is 1.32. The molecule has 1 atom stereocenters. The zero-order valence-corrected chi connectivity index (χ0v) is 13.4. The SMILES string of the molecule is CCC1CN(Cc2ccc(F)cc2Cl)C2(CCCC2)CN1. The van der Waals surface area contributed by atoms with E-state index >= 15 is 0 Å². The van der Waals surface area contributed by atoms with Crippen LogP contribution in [0, 0.1) is 5.82 Å². The van der Waals surface area contributed by atoms with Crippen molar-refractivity contribution in [2.45, 2.75) is 57.2 Å². The summed E-state index contributed by atoms with van der Waals surface area (Å²) >= 11 is 6.23. The fraction of sp³-hybridized carbons (Fsp3) is 0.647. The van der Waals surface area contributed by atoms with E-state index in [2.05, 4.69) is 17.1 Å². The molecule has 1 aromatic carbocycles. The van der Waals surface area contributed by atoms with Gasteiger partial charge in [-0.3, -0.25) is 4.90 Å². The molecule has 1 aromatic rings. The van der Waals surface area contributed by atoms with Crippen LogP contribution < -0.4 is 5.32 Å². The Morgan fingerprint density at radius 2 is 2.14 bits per heavy atom. The third-order valence-electron chi connectivity index (χ3n) is 5.23. The van der Waals surface area contributed by atoms with E-state index in [1.807, 2.05) is 6.07 Å². The average molecular weight is 311 g/mol. The first-order chi connectivity index (χ1) is 10.1. The van der Waals surface area contributed by atoms with E-state index in [1.165, 1.54) is 37.8 Å². The topological polar surface area (TPSA) is 15.3 Å². The Morgan fingerprint density at radius 1 is 1.38 bits per heavy atom. The van der Waals surface area contributed by atoms with Gasteiger partial charge in [0, 0.05) is 36.2 Å². The molecule has 4 heteroatoms. The highest BCUT2D eigenvalue weighted by atomic mass is 35.5. The largest absolute Gasteiger partial charge is 0.311 e. The van der Waals surface area contributed by atoms with Crippen molar-refractivity contribution in [1.29, 1.82) is 0 Å². The van der Waals surface area contributed by atoms with Crippen molar-refractivity contribution in [3.05, 3.63) is 34.6 Å². The Hall–Kier alpha value is -0.640. The van der Waals surface area contributed by atoms with Crippen molar-refractivity contribution < 1.29 is 4.39 Å². The second kappa shape index (κ2) is 6.23. The van der Waals surface area contributed by atoms with Crippen molar-refractivity contribution in [1.82, 2.24) is 10.2 Å². The van der Waals surface area contributed by atoms with Crippen LogP contribution in [-0.4, -0.2) is 29.6 Å². The summed E-state index contributed by atoms with van der Waals surface area (Å²) in [6.07, 6.45) is 6.28. The van der Waals surface area contributed by atoms with Crippen molar-refractivity contribution in [3.8, 4) is 0 Å². The van der Waals surface area contributed by atoms with Gasteiger partial charge in [0.15, 0.2) is 0 Å². The monoisotopic (exact) mass is 310 g/mol. The summed E-state index contributed by atoms with van der Waals surface area (Å²) in [6.45, 7) is 5.19. The Kier molecular flexibility index (Phi) is 4.53. The molecular formula is C17H24ClFN2. The van der Waals surface area contributed by atoms with Gasteiger partial charge in [-0.05, 0) is 37.0 Å². The van der Waals surface area contributed by atoms with Gasteiger partial charge in [0.05, 0.1) is 0 Å². The summed E-state index contributed by atoms with van der Waals surface area (Å²) in [5, 5.41) is 4.26. The van der Waals surface area contributed by atoms with E-state index in [1.54, 1.807) is 0 Å². The predicted octanol–water partition coefficient (Wildman–Crippen LogP) is 3.98. The van der Waals surface area contributed by atoms with E-state index in [9.17, 15) is 4.39 Å². The average Bonchev–Trinajstić information content (AvgIpc) is 2.94. The number of piperazine rings is 1. The molecule has 2 fully saturated rings. The molecule has 21 heavy (non-hydrogen) atoms. The number of benzene rings is 1. The number of rotatable bonds is 3. The molecule has 3 rings (SSSR count). The fourth-order valence-electron chi connectivity index (χ4n) is 3.86. The molecule has 1 aliphatic carbocycles. The highest BCUT2D eigenvalue weighted by molar-refractivity contribution is 6.31. The van der Waals surface area contributed by atoms with E-state index < -0.39 is 0 Å². The molecular weight excluding hydrogens is 287 g/mol. The Morgan fingerprint density at radius 3 is 2.81 bits per heavy atom. The first kappa shape index (κ1) is 15.3. The third-order valence-corrected chi connectivity index (χ3v) is 5.59. The van der Waals surface area contributed by atoms with Crippen LogP contribution in [0.25, 0.3) is 0 Å². The van der Waals surface area contributed by atoms with Crippen molar-refractivity contribution in [2.24, 2.45) is 0 Å². The summed E-state index contributed by atoms with van der Waals surface area (Å²) in [4.78, 5) is 2.60. The zero-order chi connectivity index (χ0) is 14.9. The van der Waals surface area contributed by atoms with Crippen LogP contribution in [-0.2, 0) is 6.54 Å². The number of hydrogen-bond acceptors (Lipinski definition) is 2. The van der Waals surface area contributed by atoms with Gasteiger partial charge in [-0.15, -0.1) is 0 Å². The van der Waals surface area contributed by atoms with Gasteiger partial charge in [-0.25, -0.2) is 4.39 Å². The van der Waals surface area contributed by atoms with Gasteiger partial charge < -0.3 is 5.32 Å². The highest BCUT2D eigenvalue weighted by Crippen LogP contribution is 2.38. The molecule has 0 bridgehead atoms. The van der Waals surface area contributed by atoms with E-state index in [0.717, 1.165) is 31.6 Å². The Bertz CT molecular complexity index is 500. The van der Waals surface area contributed by atoms with E-state index in [-0.39, 0.29) is 11.4 Å². The van der Waals surface area contributed by atoms with Gasteiger partial charge in [0.1, 0.15) is 5.82 Å². The Labute approximate surface area is 131 Å². The maximum Gasteiger partial charge on any atom is 0.124 e. The molecule has 0 amide bonds. The third kappa shape index (κ3) is 3.10. The van der Waals surface area contributed by atoms with Gasteiger partial charge in [-0.1, -0.05) is 37.4 Å². The lowest BCUT2D eigenvalue weighted by Crippen LogP contribution is -2.62. The molecule has 1 saturated heterocycles. The van der Waals surface area contributed by atoms with Crippen molar-refractivity contribution >= 4 is 11.6 Å². The van der Waals surface area contributed by atoms with E-state index in [0.29, 0.717) is 11.1 Å². The number of hydrogen-bond donors (Lipinski definition) is 1. The highest BCUT2D eigenvalue weighted by Gasteiger charge is 2.43. The number of nitrogens with one attached hydrogen (secondary N) is 1. The molecule has 1 spiro atoms. The fourth-order valence-corrected chi connectivity index (χ4v) is 4.08. The molecule has 1 saturated carbocycles. The quantitative estimate of drug-likeness (QED) is 0.908. The lowest BCUT2D eigenvalue weighted by molar-refractivity contribution is 0.0349. The molecule has 0 aromatic heterocycles. The van der Waals surface area contributed by atoms with Crippen LogP contribution >= 0.6 is 11.6 Å². The van der Waals surface area contributed by atoms with E-state index in [4.69, 9.17) is 11.6 Å². The molecule has 2 aliphatic rings. The first-order valence-corrected chi connectivity index (χ1v) is 8.43. The summed E-state index contributed by atoms with van der Waals surface area (Å²) in [6, 6.07) is 5.33. The zero-order valence-electron chi connectivity index (χ0n) is 12.7. The minimum absolute atomic E-state index is 0.258. The summed E-state index contributed by atoms with van der Waals surface area (Å²) in [7, 11) is 0. The molecule has 0 radical (unpaired) electrons. The maximum atomic E-state index is 13.2. The molecule has 1 heterocycles. The number of nitrogens with zero attached hydrogens (tertiary/aromatic N) is 1. The van der Waals surface area contributed by atoms with Crippen LogP contribution in [0.4, 0.5) is 4.39 Å². The molecule has 1 aliphatic heterocycles. The minimum Gasteiger partial charge on any atom is -0.311 e. The number of halogens is 2. The second-order valence-electron chi connectivity index (χ2n) is 6.53. The standard InChI is InChI=1S/C17H24ClFN2/c1-2-15-11-21(17(12-20-15)7-3-4-8-17)10-13-5-6-14(19)9-16(13)18/h5-6,9,15,20H,2-4,7-8,10-12H2,1H3. The normalized spacial score (nSPS) is 25.6. The second-order valence-corrected chi connectivity index (χ2v) is 6.94. The van der Waals surface area contributed by atoms with Crippen molar-refractivity contribution in [2.75, 3.05) is 13.1 Å². The van der Waals surface area contributed by atoms with Gasteiger partial charge in [-0.2, -0.15) is 0 Å². The van der Waals surface area contributed by atoms with Crippen LogP contribution in [0.1, 0.15) is 44.6 Å². The minimum atomic E-state index is -0.258. The van der Waals surface area contributed by atoms with Gasteiger partial charge in [0.25, 0.3) is 0 Å². The van der Waals surface area contributed by atoms with Gasteiger partial charge >= 0.3 is 0 Å². The van der Waals surface area contributed by atoms with Crippen LogP contribution in [0.3, 0.4) is 0 Å².